The fraction of sp³-hybridized carbons (Fsp3) is 0.500. The maximum absolute atomic E-state index is 12.5. The van der Waals surface area contributed by atoms with Crippen molar-refractivity contribution in [1.82, 2.24) is 0 Å². The summed E-state index contributed by atoms with van der Waals surface area (Å²) in [6, 6.07) is 0. The molecular formula is C8H8F2O2. The third kappa shape index (κ3) is 1.17. The second kappa shape index (κ2) is 2.21. The smallest absolute Gasteiger partial charge is 0.400 e. The van der Waals surface area contributed by atoms with E-state index in [1.807, 2.05) is 6.92 Å². The van der Waals surface area contributed by atoms with Crippen molar-refractivity contribution in [2.24, 2.45) is 0 Å². The Kier molecular flexibility index (Phi) is 1.40. The van der Waals surface area contributed by atoms with E-state index >= 15 is 0 Å². The average molecular weight is 174 g/mol. The Bertz CT molecular complexity index is 279. The summed E-state index contributed by atoms with van der Waals surface area (Å²) >= 11 is 0. The Morgan fingerprint density at radius 2 is 2.08 bits per heavy atom. The topological polar surface area (TPSA) is 18.5 Å². The number of hydrogen-bond acceptors (Lipinski definition) is 2. The molecule has 0 saturated heterocycles. The standard InChI is InChI=1S/C8H8F2O2/c1-5-2-3-6-7(4-5)12-8(9,10)11-6/h4H,2-3H2,1H3. The van der Waals surface area contributed by atoms with Gasteiger partial charge in [0, 0.05) is 6.42 Å². The molecule has 0 bridgehead atoms. The molecule has 66 valence electrons. The van der Waals surface area contributed by atoms with Gasteiger partial charge in [-0.3, -0.25) is 0 Å². The van der Waals surface area contributed by atoms with Crippen molar-refractivity contribution in [3.8, 4) is 0 Å². The highest BCUT2D eigenvalue weighted by Gasteiger charge is 2.44. The van der Waals surface area contributed by atoms with Gasteiger partial charge in [0.05, 0.1) is 0 Å². The van der Waals surface area contributed by atoms with Crippen molar-refractivity contribution in [2.45, 2.75) is 26.1 Å². The molecule has 1 aliphatic carbocycles. The molecule has 4 heteroatoms. The number of hydrogen-bond donors (Lipinski definition) is 0. The van der Waals surface area contributed by atoms with Crippen LogP contribution in [0, 0.1) is 0 Å². The highest BCUT2D eigenvalue weighted by molar-refractivity contribution is 5.27. The van der Waals surface area contributed by atoms with Crippen molar-refractivity contribution >= 4 is 0 Å². The first-order chi connectivity index (χ1) is 5.57. The van der Waals surface area contributed by atoms with E-state index in [0.29, 0.717) is 6.42 Å². The minimum absolute atomic E-state index is 0.184. The summed E-state index contributed by atoms with van der Waals surface area (Å²) in [6.45, 7) is 1.88. The molecule has 0 fully saturated rings. The molecule has 0 spiro atoms. The molecule has 0 saturated carbocycles. The maximum Gasteiger partial charge on any atom is 0.585 e. The van der Waals surface area contributed by atoms with Gasteiger partial charge >= 0.3 is 6.29 Å². The van der Waals surface area contributed by atoms with Gasteiger partial charge < -0.3 is 9.47 Å². The molecule has 0 aromatic rings. The molecule has 0 radical (unpaired) electrons. The maximum atomic E-state index is 12.5. The minimum Gasteiger partial charge on any atom is -0.400 e. The summed E-state index contributed by atoms with van der Waals surface area (Å²) in [5.41, 5.74) is 1.04. The number of rotatable bonds is 0. The highest BCUT2D eigenvalue weighted by atomic mass is 19.3. The van der Waals surface area contributed by atoms with Gasteiger partial charge in [0.2, 0.25) is 0 Å². The zero-order chi connectivity index (χ0) is 8.77. The number of allylic oxidation sites excluding steroid dienone is 3. The van der Waals surface area contributed by atoms with Crippen LogP contribution in [0.1, 0.15) is 19.8 Å². The third-order valence-corrected chi connectivity index (χ3v) is 1.87. The summed E-state index contributed by atoms with van der Waals surface area (Å²) < 4.78 is 33.5. The van der Waals surface area contributed by atoms with E-state index in [4.69, 9.17) is 0 Å². The van der Waals surface area contributed by atoms with Gasteiger partial charge in [-0.1, -0.05) is 5.57 Å². The normalized spacial score (nSPS) is 25.8. The Labute approximate surface area is 68.5 Å². The zero-order valence-corrected chi connectivity index (χ0v) is 6.56. The van der Waals surface area contributed by atoms with Gasteiger partial charge in [0.15, 0.2) is 5.76 Å². The molecule has 0 atom stereocenters. The number of ether oxygens (including phenoxy) is 2. The largest absolute Gasteiger partial charge is 0.585 e. The van der Waals surface area contributed by atoms with Crippen LogP contribution in [0.4, 0.5) is 8.78 Å². The summed E-state index contributed by atoms with van der Waals surface area (Å²) in [6.07, 6.45) is -0.586. The van der Waals surface area contributed by atoms with Crippen LogP contribution >= 0.6 is 0 Å². The zero-order valence-electron chi connectivity index (χ0n) is 6.56. The Balaban J connectivity index is 2.25. The lowest BCUT2D eigenvalue weighted by Gasteiger charge is -2.07. The molecule has 1 heterocycles. The first kappa shape index (κ1) is 7.58. The fourth-order valence-electron chi connectivity index (χ4n) is 1.29. The van der Waals surface area contributed by atoms with Crippen LogP contribution in [0.25, 0.3) is 0 Å². The first-order valence-electron chi connectivity index (χ1n) is 3.73. The molecule has 2 nitrogen and oxygen atoms in total. The molecule has 0 aromatic heterocycles. The fourth-order valence-corrected chi connectivity index (χ4v) is 1.29. The van der Waals surface area contributed by atoms with E-state index in [-0.39, 0.29) is 11.5 Å². The SMILES string of the molecule is CC1=CC2=C(CC1)OC(F)(F)O2. The van der Waals surface area contributed by atoms with Gasteiger partial charge in [0.25, 0.3) is 0 Å². The van der Waals surface area contributed by atoms with Crippen LogP contribution in [0.2, 0.25) is 0 Å². The van der Waals surface area contributed by atoms with Crippen LogP contribution in [-0.4, -0.2) is 6.29 Å². The summed E-state index contributed by atoms with van der Waals surface area (Å²) in [4.78, 5) is 0. The monoisotopic (exact) mass is 174 g/mol. The summed E-state index contributed by atoms with van der Waals surface area (Å²) in [5.74, 6) is 0.453. The van der Waals surface area contributed by atoms with Gasteiger partial charge in [0.1, 0.15) is 5.76 Å². The van der Waals surface area contributed by atoms with Crippen molar-refractivity contribution in [1.29, 1.82) is 0 Å². The molecule has 0 N–H and O–H groups in total. The second-order valence-corrected chi connectivity index (χ2v) is 2.95. The van der Waals surface area contributed by atoms with E-state index in [1.165, 1.54) is 0 Å². The molecule has 2 rings (SSSR count). The molecule has 2 aliphatic rings. The highest BCUT2D eigenvalue weighted by Crippen LogP contribution is 2.39. The summed E-state index contributed by atoms with van der Waals surface area (Å²) in [7, 11) is 0. The summed E-state index contributed by atoms with van der Waals surface area (Å²) in [5, 5.41) is 0. The van der Waals surface area contributed by atoms with Crippen molar-refractivity contribution in [3.05, 3.63) is 23.2 Å². The lowest BCUT2D eigenvalue weighted by atomic mass is 10.0. The van der Waals surface area contributed by atoms with Crippen molar-refractivity contribution < 1.29 is 18.3 Å². The molecule has 12 heavy (non-hydrogen) atoms. The molecule has 0 aromatic carbocycles. The predicted molar refractivity (Wildman–Crippen MR) is 37.1 cm³/mol. The number of alkyl halides is 2. The van der Waals surface area contributed by atoms with Crippen LogP contribution in [0.5, 0.6) is 0 Å². The van der Waals surface area contributed by atoms with E-state index < -0.39 is 6.29 Å². The predicted octanol–water partition coefficient (Wildman–Crippen LogP) is 2.54. The van der Waals surface area contributed by atoms with Crippen LogP contribution in [-0.2, 0) is 9.47 Å². The molecular weight excluding hydrogens is 166 g/mol. The van der Waals surface area contributed by atoms with Crippen molar-refractivity contribution in [2.75, 3.05) is 0 Å². The second-order valence-electron chi connectivity index (χ2n) is 2.95. The van der Waals surface area contributed by atoms with E-state index in [1.54, 1.807) is 6.08 Å². The minimum atomic E-state index is -3.45. The van der Waals surface area contributed by atoms with Gasteiger partial charge in [-0.25, -0.2) is 0 Å². The molecule has 0 unspecified atom stereocenters. The average Bonchev–Trinajstić information content (AvgIpc) is 2.21. The Morgan fingerprint density at radius 3 is 2.83 bits per heavy atom. The first-order valence-corrected chi connectivity index (χ1v) is 3.73. The van der Waals surface area contributed by atoms with Gasteiger partial charge in [-0.2, -0.15) is 0 Å². The van der Waals surface area contributed by atoms with E-state index in [2.05, 4.69) is 9.47 Å². The lowest BCUT2D eigenvalue weighted by molar-refractivity contribution is -0.336. The number of halogens is 2. The van der Waals surface area contributed by atoms with Crippen LogP contribution in [0.3, 0.4) is 0 Å². The van der Waals surface area contributed by atoms with E-state index in [0.717, 1.165) is 12.0 Å². The molecule has 1 aliphatic heterocycles. The van der Waals surface area contributed by atoms with Crippen molar-refractivity contribution in [3.63, 3.8) is 0 Å². The van der Waals surface area contributed by atoms with Crippen LogP contribution in [0.15, 0.2) is 23.2 Å². The molecule has 0 amide bonds. The van der Waals surface area contributed by atoms with Crippen LogP contribution < -0.4 is 0 Å². The van der Waals surface area contributed by atoms with E-state index in [9.17, 15) is 8.78 Å². The van der Waals surface area contributed by atoms with Gasteiger partial charge in [-0.15, -0.1) is 8.78 Å². The van der Waals surface area contributed by atoms with Gasteiger partial charge in [-0.05, 0) is 19.4 Å². The Morgan fingerprint density at radius 1 is 1.33 bits per heavy atom. The lowest BCUT2D eigenvalue weighted by Crippen LogP contribution is -2.16. The quantitative estimate of drug-likeness (QED) is 0.561. The third-order valence-electron chi connectivity index (χ3n) is 1.87. The Hall–Kier alpha value is -1.06.